The number of nitrogens with zero attached hydrogens (tertiary/aromatic N) is 1. The number of hydrogen-bond donors (Lipinski definition) is 1. The molecule has 1 heterocycles. The Bertz CT molecular complexity index is 722. The van der Waals surface area contributed by atoms with Crippen molar-refractivity contribution in [2.75, 3.05) is 23.3 Å². The first-order chi connectivity index (χ1) is 11.7. The third-order valence-electron chi connectivity index (χ3n) is 4.35. The standard InChI is InChI=1S/C19H19BrN2O2/c20-16-2-1-3-17(12-16)21-19(24)15-8-10-22(11-9-15)18-6-4-14(13-23)5-7-18/h1-7,12-13,15H,8-11H2,(H,21,24). The molecule has 2 aromatic carbocycles. The summed E-state index contributed by atoms with van der Waals surface area (Å²) in [6.45, 7) is 1.69. The Labute approximate surface area is 150 Å². The molecule has 0 bridgehead atoms. The molecule has 24 heavy (non-hydrogen) atoms. The number of amides is 1. The number of carbonyl (C=O) groups excluding carboxylic acids is 2. The van der Waals surface area contributed by atoms with Gasteiger partial charge in [-0.05, 0) is 55.3 Å². The lowest BCUT2D eigenvalue weighted by Crippen LogP contribution is -2.38. The first-order valence-corrected chi connectivity index (χ1v) is 8.81. The Morgan fingerprint density at radius 2 is 1.83 bits per heavy atom. The number of carbonyl (C=O) groups is 2. The first kappa shape index (κ1) is 16.7. The van der Waals surface area contributed by atoms with Crippen molar-refractivity contribution in [3.05, 3.63) is 58.6 Å². The van der Waals surface area contributed by atoms with E-state index in [2.05, 4.69) is 26.1 Å². The molecule has 1 N–H and O–H groups in total. The van der Waals surface area contributed by atoms with Crippen LogP contribution in [0.2, 0.25) is 0 Å². The summed E-state index contributed by atoms with van der Waals surface area (Å²) < 4.78 is 0.953. The highest BCUT2D eigenvalue weighted by molar-refractivity contribution is 9.10. The fourth-order valence-corrected chi connectivity index (χ4v) is 3.37. The maximum atomic E-state index is 12.4. The van der Waals surface area contributed by atoms with Gasteiger partial charge in [0.25, 0.3) is 0 Å². The number of benzene rings is 2. The van der Waals surface area contributed by atoms with E-state index in [0.717, 1.165) is 48.1 Å². The molecule has 2 aromatic rings. The van der Waals surface area contributed by atoms with Crippen molar-refractivity contribution >= 4 is 39.5 Å². The lowest BCUT2D eigenvalue weighted by molar-refractivity contribution is -0.120. The molecule has 0 spiro atoms. The molecule has 0 aromatic heterocycles. The molecule has 1 aliphatic heterocycles. The number of aldehydes is 1. The van der Waals surface area contributed by atoms with Crippen molar-refractivity contribution in [1.82, 2.24) is 0 Å². The van der Waals surface area contributed by atoms with E-state index < -0.39 is 0 Å². The van der Waals surface area contributed by atoms with Gasteiger partial charge in [-0.15, -0.1) is 0 Å². The molecule has 1 saturated heterocycles. The Morgan fingerprint density at radius 1 is 1.12 bits per heavy atom. The van der Waals surface area contributed by atoms with Crippen LogP contribution in [0.4, 0.5) is 11.4 Å². The quantitative estimate of drug-likeness (QED) is 0.804. The molecule has 4 nitrogen and oxygen atoms in total. The zero-order chi connectivity index (χ0) is 16.9. The topological polar surface area (TPSA) is 49.4 Å². The molecule has 1 fully saturated rings. The number of nitrogens with one attached hydrogen (secondary N) is 1. The second-order valence-corrected chi connectivity index (χ2v) is 6.89. The Hall–Kier alpha value is -2.14. The highest BCUT2D eigenvalue weighted by atomic mass is 79.9. The normalized spacial score (nSPS) is 15.1. The van der Waals surface area contributed by atoms with Crippen LogP contribution >= 0.6 is 15.9 Å². The lowest BCUT2D eigenvalue weighted by Gasteiger charge is -2.33. The Balaban J connectivity index is 1.56. The van der Waals surface area contributed by atoms with Crippen molar-refractivity contribution < 1.29 is 9.59 Å². The minimum atomic E-state index is 0.0366. The first-order valence-electron chi connectivity index (χ1n) is 8.02. The van der Waals surface area contributed by atoms with Gasteiger partial charge in [-0.2, -0.15) is 0 Å². The highest BCUT2D eigenvalue weighted by Gasteiger charge is 2.25. The van der Waals surface area contributed by atoms with Crippen LogP contribution < -0.4 is 10.2 Å². The number of halogens is 1. The second kappa shape index (κ2) is 7.62. The van der Waals surface area contributed by atoms with E-state index in [4.69, 9.17) is 0 Å². The molecular weight excluding hydrogens is 368 g/mol. The molecule has 0 atom stereocenters. The number of hydrogen-bond acceptors (Lipinski definition) is 3. The number of piperidine rings is 1. The molecule has 1 amide bonds. The van der Waals surface area contributed by atoms with Crippen LogP contribution in [0.15, 0.2) is 53.0 Å². The third kappa shape index (κ3) is 4.03. The Kier molecular flexibility index (Phi) is 5.30. The maximum absolute atomic E-state index is 12.4. The van der Waals surface area contributed by atoms with E-state index in [1.165, 1.54) is 0 Å². The fraction of sp³-hybridized carbons (Fsp3) is 0.263. The summed E-state index contributed by atoms with van der Waals surface area (Å²) in [7, 11) is 0. The van der Waals surface area contributed by atoms with E-state index >= 15 is 0 Å². The predicted molar refractivity (Wildman–Crippen MR) is 99.5 cm³/mol. The van der Waals surface area contributed by atoms with Crippen LogP contribution in [0.25, 0.3) is 0 Å². The monoisotopic (exact) mass is 386 g/mol. The molecular formula is C19H19BrN2O2. The van der Waals surface area contributed by atoms with Gasteiger partial charge < -0.3 is 10.2 Å². The summed E-state index contributed by atoms with van der Waals surface area (Å²) in [5, 5.41) is 3.00. The molecule has 5 heteroatoms. The van der Waals surface area contributed by atoms with Gasteiger partial charge in [-0.1, -0.05) is 22.0 Å². The third-order valence-corrected chi connectivity index (χ3v) is 4.85. The van der Waals surface area contributed by atoms with Gasteiger partial charge in [0, 0.05) is 40.4 Å². The van der Waals surface area contributed by atoms with E-state index in [-0.39, 0.29) is 11.8 Å². The summed E-state index contributed by atoms with van der Waals surface area (Å²) in [6.07, 6.45) is 2.51. The lowest BCUT2D eigenvalue weighted by atomic mass is 9.95. The van der Waals surface area contributed by atoms with Gasteiger partial charge in [0.2, 0.25) is 5.91 Å². The minimum Gasteiger partial charge on any atom is -0.371 e. The SMILES string of the molecule is O=Cc1ccc(N2CCC(C(=O)Nc3cccc(Br)c3)CC2)cc1. The van der Waals surface area contributed by atoms with Crippen molar-refractivity contribution in [1.29, 1.82) is 0 Å². The molecule has 1 aliphatic rings. The van der Waals surface area contributed by atoms with Crippen LogP contribution in [0.5, 0.6) is 0 Å². The van der Waals surface area contributed by atoms with E-state index in [0.29, 0.717) is 5.56 Å². The fourth-order valence-electron chi connectivity index (χ4n) is 2.97. The zero-order valence-corrected chi connectivity index (χ0v) is 14.8. The maximum Gasteiger partial charge on any atom is 0.227 e. The van der Waals surface area contributed by atoms with Crippen molar-refractivity contribution in [2.24, 2.45) is 5.92 Å². The van der Waals surface area contributed by atoms with Gasteiger partial charge >= 0.3 is 0 Å². The van der Waals surface area contributed by atoms with Crippen molar-refractivity contribution in [3.8, 4) is 0 Å². The zero-order valence-electron chi connectivity index (χ0n) is 13.2. The molecule has 0 radical (unpaired) electrons. The largest absolute Gasteiger partial charge is 0.371 e. The average molecular weight is 387 g/mol. The van der Waals surface area contributed by atoms with Crippen LogP contribution in [0.1, 0.15) is 23.2 Å². The van der Waals surface area contributed by atoms with Crippen LogP contribution in [-0.4, -0.2) is 25.3 Å². The van der Waals surface area contributed by atoms with Gasteiger partial charge in [-0.3, -0.25) is 9.59 Å². The summed E-state index contributed by atoms with van der Waals surface area (Å²) in [4.78, 5) is 25.4. The van der Waals surface area contributed by atoms with Crippen LogP contribution in [0, 0.1) is 5.92 Å². The van der Waals surface area contributed by atoms with Gasteiger partial charge in [0.15, 0.2) is 0 Å². The smallest absolute Gasteiger partial charge is 0.227 e. The van der Waals surface area contributed by atoms with Crippen LogP contribution in [0.3, 0.4) is 0 Å². The van der Waals surface area contributed by atoms with E-state index in [1.54, 1.807) is 0 Å². The second-order valence-electron chi connectivity index (χ2n) is 5.97. The van der Waals surface area contributed by atoms with Crippen molar-refractivity contribution in [3.63, 3.8) is 0 Å². The van der Waals surface area contributed by atoms with Gasteiger partial charge in [0.05, 0.1) is 0 Å². The molecule has 0 unspecified atom stereocenters. The highest BCUT2D eigenvalue weighted by Crippen LogP contribution is 2.25. The number of rotatable bonds is 4. The molecule has 124 valence electrons. The summed E-state index contributed by atoms with van der Waals surface area (Å²) >= 11 is 3.41. The molecule has 0 saturated carbocycles. The number of anilines is 2. The average Bonchev–Trinajstić information content (AvgIpc) is 2.62. The summed E-state index contributed by atoms with van der Waals surface area (Å²) in [6, 6.07) is 15.2. The molecule has 0 aliphatic carbocycles. The predicted octanol–water partition coefficient (Wildman–Crippen LogP) is 4.12. The van der Waals surface area contributed by atoms with Gasteiger partial charge in [0.1, 0.15) is 6.29 Å². The van der Waals surface area contributed by atoms with Crippen LogP contribution in [-0.2, 0) is 4.79 Å². The van der Waals surface area contributed by atoms with Gasteiger partial charge in [-0.25, -0.2) is 0 Å². The van der Waals surface area contributed by atoms with E-state index in [1.807, 2.05) is 48.5 Å². The summed E-state index contributed by atoms with van der Waals surface area (Å²) in [5.74, 6) is 0.124. The molecule has 3 rings (SSSR count). The summed E-state index contributed by atoms with van der Waals surface area (Å²) in [5.41, 5.74) is 2.61. The van der Waals surface area contributed by atoms with E-state index in [9.17, 15) is 9.59 Å². The van der Waals surface area contributed by atoms with Crippen molar-refractivity contribution in [2.45, 2.75) is 12.8 Å². The Morgan fingerprint density at radius 3 is 2.46 bits per heavy atom. The minimum absolute atomic E-state index is 0.0366.